The molecule has 0 aliphatic heterocycles. The first-order valence-corrected chi connectivity index (χ1v) is 3.92. The summed E-state index contributed by atoms with van der Waals surface area (Å²) in [5.74, 6) is 0.0937. The summed E-state index contributed by atoms with van der Waals surface area (Å²) in [6.07, 6.45) is 0. The van der Waals surface area contributed by atoms with Gasteiger partial charge in [-0.3, -0.25) is 4.79 Å². The average molecular weight is 183 g/mol. The maximum absolute atomic E-state index is 10.9. The van der Waals surface area contributed by atoms with Crippen molar-refractivity contribution in [1.82, 2.24) is 10.1 Å². The van der Waals surface area contributed by atoms with E-state index >= 15 is 0 Å². The van der Waals surface area contributed by atoms with Crippen LogP contribution in [0.25, 0.3) is 0 Å². The lowest BCUT2D eigenvalue weighted by Gasteiger charge is -2.07. The molecule has 0 radical (unpaired) electrons. The first-order valence-electron chi connectivity index (χ1n) is 3.92. The largest absolute Gasteiger partial charge is 0.364 e. The van der Waals surface area contributed by atoms with Gasteiger partial charge in [0.25, 0.3) is 5.91 Å². The summed E-state index contributed by atoms with van der Waals surface area (Å²) in [4.78, 5) is 12.8. The third kappa shape index (κ3) is 2.06. The molecule has 2 N–H and O–H groups in total. The number of amides is 1. The Labute approximate surface area is 76.5 Å². The van der Waals surface area contributed by atoms with Gasteiger partial charge in [-0.1, -0.05) is 5.16 Å². The summed E-state index contributed by atoms with van der Waals surface area (Å²) < 4.78 is 4.88. The number of carbonyl (C=O) groups excluding carboxylic acids is 1. The number of aryl methyl sites for hydroxylation is 1. The SMILES string of the molecule is Cc1onc(C(N)=O)c1CN(C)C. The van der Waals surface area contributed by atoms with Gasteiger partial charge >= 0.3 is 0 Å². The number of nitrogens with zero attached hydrogens (tertiary/aromatic N) is 2. The topological polar surface area (TPSA) is 72.4 Å². The molecule has 1 amide bonds. The van der Waals surface area contributed by atoms with Crippen LogP contribution in [0.2, 0.25) is 0 Å². The fraction of sp³-hybridized carbons (Fsp3) is 0.500. The van der Waals surface area contributed by atoms with Crippen LogP contribution in [0.3, 0.4) is 0 Å². The monoisotopic (exact) mass is 183 g/mol. The molecule has 5 heteroatoms. The molecule has 1 heterocycles. The van der Waals surface area contributed by atoms with E-state index in [0.717, 1.165) is 5.56 Å². The Morgan fingerprint density at radius 1 is 1.62 bits per heavy atom. The van der Waals surface area contributed by atoms with E-state index in [2.05, 4.69) is 5.16 Å². The van der Waals surface area contributed by atoms with Gasteiger partial charge < -0.3 is 15.2 Å². The quantitative estimate of drug-likeness (QED) is 0.723. The molecule has 0 atom stereocenters. The van der Waals surface area contributed by atoms with Crippen LogP contribution in [0.5, 0.6) is 0 Å². The van der Waals surface area contributed by atoms with Crippen LogP contribution in [0.1, 0.15) is 21.8 Å². The van der Waals surface area contributed by atoms with Gasteiger partial charge in [-0.2, -0.15) is 0 Å². The number of primary amides is 1. The molecular formula is C8H13N3O2. The molecule has 1 aromatic heterocycles. The zero-order chi connectivity index (χ0) is 10.0. The second kappa shape index (κ2) is 3.57. The highest BCUT2D eigenvalue weighted by atomic mass is 16.5. The van der Waals surface area contributed by atoms with Crippen molar-refractivity contribution < 1.29 is 9.32 Å². The normalized spacial score (nSPS) is 10.8. The molecule has 1 rings (SSSR count). The summed E-state index contributed by atoms with van der Waals surface area (Å²) in [6.45, 7) is 2.37. The zero-order valence-corrected chi connectivity index (χ0v) is 8.00. The van der Waals surface area contributed by atoms with Gasteiger partial charge in [-0.05, 0) is 21.0 Å². The first kappa shape index (κ1) is 9.73. The number of hydrogen-bond donors (Lipinski definition) is 1. The van der Waals surface area contributed by atoms with Crippen molar-refractivity contribution in [3.8, 4) is 0 Å². The average Bonchev–Trinajstić information content (AvgIpc) is 2.32. The molecule has 0 aliphatic carbocycles. The lowest BCUT2D eigenvalue weighted by Crippen LogP contribution is -2.18. The number of aromatic nitrogens is 1. The van der Waals surface area contributed by atoms with Gasteiger partial charge in [-0.15, -0.1) is 0 Å². The lowest BCUT2D eigenvalue weighted by atomic mass is 10.2. The molecule has 0 saturated heterocycles. The van der Waals surface area contributed by atoms with Crippen molar-refractivity contribution in [3.05, 3.63) is 17.0 Å². The van der Waals surface area contributed by atoms with Gasteiger partial charge in [-0.25, -0.2) is 0 Å². The Kier molecular flexibility index (Phi) is 2.67. The molecule has 5 nitrogen and oxygen atoms in total. The van der Waals surface area contributed by atoms with Crippen molar-refractivity contribution in [2.75, 3.05) is 14.1 Å². The maximum atomic E-state index is 10.9. The Morgan fingerprint density at radius 3 is 2.69 bits per heavy atom. The molecular weight excluding hydrogens is 170 g/mol. The summed E-state index contributed by atoms with van der Waals surface area (Å²) in [5, 5.41) is 3.59. The minimum atomic E-state index is -0.547. The van der Waals surface area contributed by atoms with Crippen molar-refractivity contribution in [3.63, 3.8) is 0 Å². The predicted molar refractivity (Wildman–Crippen MR) is 47.1 cm³/mol. The Balaban J connectivity index is 3.01. The van der Waals surface area contributed by atoms with E-state index in [0.29, 0.717) is 12.3 Å². The van der Waals surface area contributed by atoms with E-state index in [1.54, 1.807) is 6.92 Å². The Morgan fingerprint density at radius 2 is 2.23 bits per heavy atom. The molecule has 0 fully saturated rings. The molecule has 0 saturated carbocycles. The van der Waals surface area contributed by atoms with Gasteiger partial charge in [0.05, 0.1) is 0 Å². The molecule has 13 heavy (non-hydrogen) atoms. The maximum Gasteiger partial charge on any atom is 0.271 e. The summed E-state index contributed by atoms with van der Waals surface area (Å²) in [6, 6.07) is 0. The zero-order valence-electron chi connectivity index (χ0n) is 8.00. The van der Waals surface area contributed by atoms with Crippen molar-refractivity contribution in [2.45, 2.75) is 13.5 Å². The van der Waals surface area contributed by atoms with E-state index < -0.39 is 5.91 Å². The molecule has 0 aliphatic rings. The molecule has 0 aromatic carbocycles. The third-order valence-corrected chi connectivity index (χ3v) is 1.69. The van der Waals surface area contributed by atoms with Crippen molar-refractivity contribution >= 4 is 5.91 Å². The van der Waals surface area contributed by atoms with Crippen LogP contribution in [-0.4, -0.2) is 30.1 Å². The number of carbonyl (C=O) groups is 1. The van der Waals surface area contributed by atoms with Crippen molar-refractivity contribution in [2.24, 2.45) is 5.73 Å². The number of nitrogens with two attached hydrogens (primary N) is 1. The lowest BCUT2D eigenvalue weighted by molar-refractivity contribution is 0.0990. The molecule has 72 valence electrons. The van der Waals surface area contributed by atoms with E-state index in [9.17, 15) is 4.79 Å². The van der Waals surface area contributed by atoms with Crippen LogP contribution >= 0.6 is 0 Å². The first-order chi connectivity index (χ1) is 6.02. The van der Waals surface area contributed by atoms with Gasteiger partial charge in [0.15, 0.2) is 5.69 Å². The molecule has 0 unspecified atom stereocenters. The Bertz CT molecular complexity index is 317. The molecule has 0 bridgehead atoms. The van der Waals surface area contributed by atoms with Crippen LogP contribution in [0, 0.1) is 6.92 Å². The predicted octanol–water partition coefficient (Wildman–Crippen LogP) is 0.144. The van der Waals surface area contributed by atoms with E-state index in [1.807, 2.05) is 19.0 Å². The highest BCUT2D eigenvalue weighted by Gasteiger charge is 2.17. The minimum Gasteiger partial charge on any atom is -0.364 e. The summed E-state index contributed by atoms with van der Waals surface area (Å²) in [5.41, 5.74) is 6.11. The second-order valence-electron chi connectivity index (χ2n) is 3.17. The fourth-order valence-electron chi connectivity index (χ4n) is 1.09. The van der Waals surface area contributed by atoms with Crippen LogP contribution in [0.4, 0.5) is 0 Å². The number of hydrogen-bond acceptors (Lipinski definition) is 4. The van der Waals surface area contributed by atoms with Crippen LogP contribution < -0.4 is 5.73 Å². The third-order valence-electron chi connectivity index (χ3n) is 1.69. The highest BCUT2D eigenvalue weighted by Crippen LogP contribution is 2.13. The van der Waals surface area contributed by atoms with E-state index in [1.165, 1.54) is 0 Å². The Hall–Kier alpha value is -1.36. The van der Waals surface area contributed by atoms with E-state index in [4.69, 9.17) is 10.3 Å². The van der Waals surface area contributed by atoms with Gasteiger partial charge in [0, 0.05) is 12.1 Å². The second-order valence-corrected chi connectivity index (χ2v) is 3.17. The van der Waals surface area contributed by atoms with Gasteiger partial charge in [0.2, 0.25) is 0 Å². The number of rotatable bonds is 3. The van der Waals surface area contributed by atoms with Crippen molar-refractivity contribution in [1.29, 1.82) is 0 Å². The molecule has 1 aromatic rings. The minimum absolute atomic E-state index is 0.228. The van der Waals surface area contributed by atoms with E-state index in [-0.39, 0.29) is 5.69 Å². The van der Waals surface area contributed by atoms with Crippen LogP contribution in [-0.2, 0) is 6.54 Å². The highest BCUT2D eigenvalue weighted by molar-refractivity contribution is 5.92. The van der Waals surface area contributed by atoms with Crippen LogP contribution in [0.15, 0.2) is 4.52 Å². The molecule has 0 spiro atoms. The smallest absolute Gasteiger partial charge is 0.271 e. The summed E-state index contributed by atoms with van der Waals surface area (Å²) in [7, 11) is 3.80. The fourth-order valence-corrected chi connectivity index (χ4v) is 1.09. The standard InChI is InChI=1S/C8H13N3O2/c1-5-6(4-11(2)3)7(8(9)12)10-13-5/h4H2,1-3H3,(H2,9,12). The summed E-state index contributed by atoms with van der Waals surface area (Å²) >= 11 is 0. The van der Waals surface area contributed by atoms with Gasteiger partial charge in [0.1, 0.15) is 5.76 Å².